The first kappa shape index (κ1) is 13.0. The Balaban J connectivity index is 2.28. The number of ether oxygens (including phenoxy) is 1. The molecule has 0 aliphatic heterocycles. The Morgan fingerprint density at radius 3 is 2.75 bits per heavy atom. The van der Waals surface area contributed by atoms with Crippen molar-refractivity contribution >= 4 is 0 Å². The monoisotopic (exact) mass is 223 g/mol. The minimum absolute atomic E-state index is 0.323. The predicted octanol–water partition coefficient (Wildman–Crippen LogP) is 1.73. The molecule has 0 saturated heterocycles. The maximum Gasteiger partial charge on any atom is 0.119 e. The molecule has 1 atom stereocenters. The van der Waals surface area contributed by atoms with Crippen molar-refractivity contribution in [2.24, 2.45) is 0 Å². The number of hydrogen-bond donors (Lipinski definition) is 2. The van der Waals surface area contributed by atoms with Crippen LogP contribution in [-0.4, -0.2) is 30.4 Å². The Morgan fingerprint density at radius 1 is 1.38 bits per heavy atom. The van der Waals surface area contributed by atoms with Gasteiger partial charge in [0.2, 0.25) is 0 Å². The molecule has 0 bridgehead atoms. The van der Waals surface area contributed by atoms with Crippen LogP contribution < -0.4 is 10.1 Å². The highest BCUT2D eigenvalue weighted by atomic mass is 16.5. The fourth-order valence-electron chi connectivity index (χ4n) is 1.33. The Hall–Kier alpha value is -1.06. The van der Waals surface area contributed by atoms with Gasteiger partial charge in [0, 0.05) is 12.6 Å². The first-order chi connectivity index (χ1) is 7.58. The van der Waals surface area contributed by atoms with E-state index in [2.05, 4.69) is 5.32 Å². The van der Waals surface area contributed by atoms with E-state index in [1.165, 1.54) is 0 Å². The van der Waals surface area contributed by atoms with Crippen molar-refractivity contribution in [2.45, 2.75) is 32.9 Å². The molecule has 0 unspecified atom stereocenters. The summed E-state index contributed by atoms with van der Waals surface area (Å²) in [5.74, 6) is 0.809. The fraction of sp³-hybridized carbons (Fsp3) is 0.538. The van der Waals surface area contributed by atoms with Crippen LogP contribution in [0, 0.1) is 6.92 Å². The van der Waals surface area contributed by atoms with E-state index in [-0.39, 0.29) is 0 Å². The van der Waals surface area contributed by atoms with Crippen LogP contribution >= 0.6 is 0 Å². The molecule has 90 valence electrons. The van der Waals surface area contributed by atoms with E-state index in [1.54, 1.807) is 0 Å². The molecule has 1 aromatic carbocycles. The third-order valence-electron chi connectivity index (χ3n) is 2.19. The predicted molar refractivity (Wildman–Crippen MR) is 65.8 cm³/mol. The Labute approximate surface area is 97.4 Å². The number of rotatable bonds is 6. The molecule has 0 aromatic heterocycles. The van der Waals surface area contributed by atoms with Gasteiger partial charge in [0.15, 0.2) is 0 Å². The number of aliphatic hydroxyl groups is 1. The molecule has 0 aliphatic carbocycles. The van der Waals surface area contributed by atoms with Crippen LogP contribution in [0.1, 0.15) is 19.4 Å². The van der Waals surface area contributed by atoms with Crippen LogP contribution in [0.5, 0.6) is 5.75 Å². The van der Waals surface area contributed by atoms with Crippen molar-refractivity contribution < 1.29 is 9.84 Å². The minimum atomic E-state index is -0.470. The SMILES string of the molecule is Cc1cccc(OC[C@H](O)CNC(C)C)c1. The van der Waals surface area contributed by atoms with Crippen LogP contribution in [0.3, 0.4) is 0 Å². The van der Waals surface area contributed by atoms with Crippen molar-refractivity contribution in [1.82, 2.24) is 5.32 Å². The molecular formula is C13H21NO2. The lowest BCUT2D eigenvalue weighted by Crippen LogP contribution is -2.35. The van der Waals surface area contributed by atoms with E-state index < -0.39 is 6.10 Å². The summed E-state index contributed by atoms with van der Waals surface area (Å²) < 4.78 is 5.49. The molecule has 0 aliphatic rings. The molecule has 3 heteroatoms. The number of nitrogens with one attached hydrogen (secondary N) is 1. The number of benzene rings is 1. The molecule has 1 aromatic rings. The normalized spacial score (nSPS) is 12.8. The van der Waals surface area contributed by atoms with Gasteiger partial charge >= 0.3 is 0 Å². The van der Waals surface area contributed by atoms with Gasteiger partial charge < -0.3 is 15.2 Å². The summed E-state index contributed by atoms with van der Waals surface area (Å²) in [4.78, 5) is 0. The first-order valence-electron chi connectivity index (χ1n) is 5.69. The molecule has 0 fully saturated rings. The molecule has 0 radical (unpaired) electrons. The second kappa shape index (κ2) is 6.51. The summed E-state index contributed by atoms with van der Waals surface area (Å²) in [6.45, 7) is 7.00. The fourth-order valence-corrected chi connectivity index (χ4v) is 1.33. The Bertz CT molecular complexity index is 313. The van der Waals surface area contributed by atoms with Gasteiger partial charge in [0.1, 0.15) is 18.5 Å². The van der Waals surface area contributed by atoms with E-state index in [1.807, 2.05) is 45.0 Å². The second-order valence-corrected chi connectivity index (χ2v) is 4.34. The van der Waals surface area contributed by atoms with E-state index in [0.717, 1.165) is 11.3 Å². The van der Waals surface area contributed by atoms with Gasteiger partial charge in [-0.2, -0.15) is 0 Å². The van der Waals surface area contributed by atoms with Crippen molar-refractivity contribution in [3.8, 4) is 5.75 Å². The number of hydrogen-bond acceptors (Lipinski definition) is 3. The van der Waals surface area contributed by atoms with Crippen LogP contribution in [0.4, 0.5) is 0 Å². The van der Waals surface area contributed by atoms with Crippen molar-refractivity contribution in [2.75, 3.05) is 13.2 Å². The lowest BCUT2D eigenvalue weighted by atomic mass is 10.2. The van der Waals surface area contributed by atoms with Gasteiger partial charge in [-0.1, -0.05) is 26.0 Å². The van der Waals surface area contributed by atoms with Crippen molar-refractivity contribution in [1.29, 1.82) is 0 Å². The maximum absolute atomic E-state index is 9.64. The van der Waals surface area contributed by atoms with Gasteiger partial charge in [-0.15, -0.1) is 0 Å². The first-order valence-corrected chi connectivity index (χ1v) is 5.69. The van der Waals surface area contributed by atoms with E-state index in [4.69, 9.17) is 4.74 Å². The molecule has 0 heterocycles. The van der Waals surface area contributed by atoms with Crippen LogP contribution in [-0.2, 0) is 0 Å². The number of aryl methyl sites for hydroxylation is 1. The van der Waals surface area contributed by atoms with Gasteiger partial charge in [0.25, 0.3) is 0 Å². The van der Waals surface area contributed by atoms with Gasteiger partial charge in [-0.3, -0.25) is 0 Å². The highest BCUT2D eigenvalue weighted by Gasteiger charge is 2.05. The quantitative estimate of drug-likeness (QED) is 0.771. The summed E-state index contributed by atoms with van der Waals surface area (Å²) in [6.07, 6.45) is -0.470. The van der Waals surface area contributed by atoms with Gasteiger partial charge in [0.05, 0.1) is 0 Å². The van der Waals surface area contributed by atoms with Crippen LogP contribution in [0.25, 0.3) is 0 Å². The third-order valence-corrected chi connectivity index (χ3v) is 2.19. The third kappa shape index (κ3) is 5.14. The summed E-state index contributed by atoms with van der Waals surface area (Å²) >= 11 is 0. The topological polar surface area (TPSA) is 41.5 Å². The average molecular weight is 223 g/mol. The van der Waals surface area contributed by atoms with Crippen molar-refractivity contribution in [3.63, 3.8) is 0 Å². The molecule has 0 saturated carbocycles. The zero-order valence-corrected chi connectivity index (χ0v) is 10.2. The number of aliphatic hydroxyl groups excluding tert-OH is 1. The van der Waals surface area contributed by atoms with Crippen LogP contribution in [0.2, 0.25) is 0 Å². The van der Waals surface area contributed by atoms with E-state index >= 15 is 0 Å². The lowest BCUT2D eigenvalue weighted by Gasteiger charge is -2.15. The molecule has 2 N–H and O–H groups in total. The zero-order valence-electron chi connectivity index (χ0n) is 10.2. The van der Waals surface area contributed by atoms with Crippen molar-refractivity contribution in [3.05, 3.63) is 29.8 Å². The Morgan fingerprint density at radius 2 is 2.12 bits per heavy atom. The van der Waals surface area contributed by atoms with E-state index in [0.29, 0.717) is 19.2 Å². The zero-order chi connectivity index (χ0) is 12.0. The molecule has 0 spiro atoms. The largest absolute Gasteiger partial charge is 0.491 e. The smallest absolute Gasteiger partial charge is 0.119 e. The summed E-state index contributed by atoms with van der Waals surface area (Å²) in [5.41, 5.74) is 1.16. The summed E-state index contributed by atoms with van der Waals surface area (Å²) in [6, 6.07) is 8.21. The van der Waals surface area contributed by atoms with Gasteiger partial charge in [-0.25, -0.2) is 0 Å². The molecule has 1 rings (SSSR count). The van der Waals surface area contributed by atoms with E-state index in [9.17, 15) is 5.11 Å². The lowest BCUT2D eigenvalue weighted by molar-refractivity contribution is 0.104. The maximum atomic E-state index is 9.64. The summed E-state index contributed by atoms with van der Waals surface area (Å²) in [5, 5.41) is 12.8. The average Bonchev–Trinajstić information content (AvgIpc) is 2.23. The van der Waals surface area contributed by atoms with Crippen LogP contribution in [0.15, 0.2) is 24.3 Å². The highest BCUT2D eigenvalue weighted by Crippen LogP contribution is 2.12. The molecule has 16 heavy (non-hydrogen) atoms. The van der Waals surface area contributed by atoms with Gasteiger partial charge in [-0.05, 0) is 24.6 Å². The molecule has 3 nitrogen and oxygen atoms in total. The standard InChI is InChI=1S/C13H21NO2/c1-10(2)14-8-12(15)9-16-13-6-4-5-11(3)7-13/h4-7,10,12,14-15H,8-9H2,1-3H3/t12-/m1/s1. The molecule has 0 amide bonds. The molecular weight excluding hydrogens is 202 g/mol. The highest BCUT2D eigenvalue weighted by molar-refractivity contribution is 5.27. The second-order valence-electron chi connectivity index (χ2n) is 4.34. The summed E-state index contributed by atoms with van der Waals surface area (Å²) in [7, 11) is 0. The Kier molecular flexibility index (Phi) is 5.29. The minimum Gasteiger partial charge on any atom is -0.491 e.